The van der Waals surface area contributed by atoms with Crippen LogP contribution < -0.4 is 9.46 Å². The van der Waals surface area contributed by atoms with Crippen molar-refractivity contribution in [1.29, 1.82) is 0 Å². The van der Waals surface area contributed by atoms with E-state index in [0.717, 1.165) is 11.1 Å². The molecule has 1 N–H and O–H groups in total. The van der Waals surface area contributed by atoms with E-state index in [1.165, 1.54) is 13.2 Å². The molecule has 2 aromatic rings. The molecule has 4 nitrogen and oxygen atoms in total. The van der Waals surface area contributed by atoms with Gasteiger partial charge < -0.3 is 4.74 Å². The van der Waals surface area contributed by atoms with Gasteiger partial charge >= 0.3 is 0 Å². The third-order valence-electron chi connectivity index (χ3n) is 3.18. The van der Waals surface area contributed by atoms with Crippen LogP contribution in [0.3, 0.4) is 0 Å². The summed E-state index contributed by atoms with van der Waals surface area (Å²) in [5, 5.41) is 0.569. The zero-order valence-corrected chi connectivity index (χ0v) is 15.2. The Morgan fingerprint density at radius 3 is 2.64 bits per heavy atom. The van der Waals surface area contributed by atoms with Crippen LogP contribution >= 0.6 is 27.5 Å². The predicted molar refractivity (Wildman–Crippen MR) is 90.9 cm³/mol. The van der Waals surface area contributed by atoms with Crippen molar-refractivity contribution in [2.75, 3.05) is 7.11 Å². The Labute approximate surface area is 143 Å². The number of sulfonamides is 1. The smallest absolute Gasteiger partial charge is 0.244 e. The third-order valence-corrected chi connectivity index (χ3v) is 5.33. The van der Waals surface area contributed by atoms with Crippen LogP contribution in [-0.2, 0) is 16.6 Å². The lowest BCUT2D eigenvalue weighted by molar-refractivity contribution is 0.402. The van der Waals surface area contributed by atoms with Crippen molar-refractivity contribution in [3.63, 3.8) is 0 Å². The number of nitrogens with one attached hydrogen (secondary N) is 1. The summed E-state index contributed by atoms with van der Waals surface area (Å²) in [4.78, 5) is 0.0871. The molecule has 2 aromatic carbocycles. The van der Waals surface area contributed by atoms with Crippen molar-refractivity contribution in [3.05, 3.63) is 57.0 Å². The van der Waals surface area contributed by atoms with Gasteiger partial charge in [0, 0.05) is 16.0 Å². The maximum atomic E-state index is 12.5. The second kappa shape index (κ2) is 7.00. The van der Waals surface area contributed by atoms with Gasteiger partial charge in [-0.25, -0.2) is 13.1 Å². The van der Waals surface area contributed by atoms with Crippen molar-refractivity contribution < 1.29 is 13.2 Å². The lowest BCUT2D eigenvalue weighted by atomic mass is 10.1. The van der Waals surface area contributed by atoms with Crippen LogP contribution in [0.5, 0.6) is 5.75 Å². The van der Waals surface area contributed by atoms with E-state index >= 15 is 0 Å². The highest BCUT2D eigenvalue weighted by Gasteiger charge is 2.20. The zero-order valence-electron chi connectivity index (χ0n) is 12.1. The number of methoxy groups -OCH3 is 1. The number of rotatable bonds is 5. The Kier molecular flexibility index (Phi) is 5.50. The first-order valence-corrected chi connectivity index (χ1v) is 9.07. The summed E-state index contributed by atoms with van der Waals surface area (Å²) >= 11 is 9.22. The topological polar surface area (TPSA) is 55.4 Å². The van der Waals surface area contributed by atoms with Gasteiger partial charge in [-0.15, -0.1) is 0 Å². The Hall–Kier alpha value is -1.08. The normalized spacial score (nSPS) is 11.5. The molecule has 0 bridgehead atoms. The molecule has 0 unspecified atom stereocenters. The van der Waals surface area contributed by atoms with E-state index in [9.17, 15) is 8.42 Å². The molecule has 0 aliphatic rings. The highest BCUT2D eigenvalue weighted by atomic mass is 79.9. The molecule has 0 aliphatic carbocycles. The SMILES string of the molecule is COc1ccc(Br)cc1S(=O)(=O)NCc1cc(Cl)ccc1C. The van der Waals surface area contributed by atoms with Gasteiger partial charge in [-0.2, -0.15) is 0 Å². The third kappa shape index (κ3) is 4.01. The van der Waals surface area contributed by atoms with Crippen LogP contribution in [-0.4, -0.2) is 15.5 Å². The summed E-state index contributed by atoms with van der Waals surface area (Å²) in [6.45, 7) is 2.06. The number of ether oxygens (including phenoxy) is 1. The van der Waals surface area contributed by atoms with Gasteiger partial charge in [-0.1, -0.05) is 33.6 Å². The Morgan fingerprint density at radius 1 is 1.23 bits per heavy atom. The van der Waals surface area contributed by atoms with Gasteiger partial charge in [-0.05, 0) is 48.4 Å². The molecule has 2 rings (SSSR count). The van der Waals surface area contributed by atoms with Gasteiger partial charge in [0.25, 0.3) is 0 Å². The minimum atomic E-state index is -3.70. The number of benzene rings is 2. The van der Waals surface area contributed by atoms with E-state index in [2.05, 4.69) is 20.7 Å². The van der Waals surface area contributed by atoms with Crippen LogP contribution in [0, 0.1) is 6.92 Å². The number of aryl methyl sites for hydroxylation is 1. The fraction of sp³-hybridized carbons (Fsp3) is 0.200. The van der Waals surface area contributed by atoms with Gasteiger partial charge in [0.15, 0.2) is 0 Å². The van der Waals surface area contributed by atoms with Crippen LogP contribution in [0.4, 0.5) is 0 Å². The van der Waals surface area contributed by atoms with Crippen molar-refractivity contribution >= 4 is 37.6 Å². The number of hydrogen-bond acceptors (Lipinski definition) is 3. The second-order valence-corrected chi connectivity index (χ2v) is 7.78. The van der Waals surface area contributed by atoms with E-state index in [-0.39, 0.29) is 11.4 Å². The largest absolute Gasteiger partial charge is 0.495 e. The molecule has 0 aromatic heterocycles. The van der Waals surface area contributed by atoms with Crippen LogP contribution in [0.2, 0.25) is 5.02 Å². The van der Waals surface area contributed by atoms with Crippen LogP contribution in [0.15, 0.2) is 45.8 Å². The summed E-state index contributed by atoms with van der Waals surface area (Å²) in [7, 11) is -2.27. The molecular weight excluding hydrogens is 390 g/mol. The molecule has 118 valence electrons. The molecule has 0 fully saturated rings. The average Bonchev–Trinajstić information content (AvgIpc) is 2.48. The molecular formula is C15H15BrClNO3S. The summed E-state index contributed by atoms with van der Waals surface area (Å²) < 4.78 is 33.3. The molecule has 0 amide bonds. The van der Waals surface area contributed by atoms with Gasteiger partial charge in [0.05, 0.1) is 7.11 Å². The Morgan fingerprint density at radius 2 is 1.95 bits per heavy atom. The fourth-order valence-electron chi connectivity index (χ4n) is 1.94. The summed E-state index contributed by atoms with van der Waals surface area (Å²) in [6, 6.07) is 10.2. The van der Waals surface area contributed by atoms with Crippen molar-refractivity contribution in [2.24, 2.45) is 0 Å². The highest BCUT2D eigenvalue weighted by Crippen LogP contribution is 2.27. The highest BCUT2D eigenvalue weighted by molar-refractivity contribution is 9.10. The van der Waals surface area contributed by atoms with Crippen molar-refractivity contribution in [2.45, 2.75) is 18.4 Å². The lowest BCUT2D eigenvalue weighted by Crippen LogP contribution is -2.24. The van der Waals surface area contributed by atoms with Crippen LogP contribution in [0.1, 0.15) is 11.1 Å². The number of halogens is 2. The van der Waals surface area contributed by atoms with E-state index in [4.69, 9.17) is 16.3 Å². The van der Waals surface area contributed by atoms with Crippen molar-refractivity contribution in [1.82, 2.24) is 4.72 Å². The van der Waals surface area contributed by atoms with E-state index in [1.807, 2.05) is 13.0 Å². The van der Waals surface area contributed by atoms with E-state index < -0.39 is 10.0 Å². The molecule has 0 saturated heterocycles. The predicted octanol–water partition coefficient (Wildman–Crippen LogP) is 3.90. The second-order valence-electron chi connectivity index (χ2n) is 4.69. The fourth-order valence-corrected chi connectivity index (χ4v) is 3.85. The first-order valence-electron chi connectivity index (χ1n) is 6.42. The molecule has 22 heavy (non-hydrogen) atoms. The maximum Gasteiger partial charge on any atom is 0.244 e. The monoisotopic (exact) mass is 403 g/mol. The standard InChI is InChI=1S/C15H15BrClNO3S/c1-10-3-5-13(17)7-11(10)9-18-22(19,20)15-8-12(16)4-6-14(15)21-2/h3-8,18H,9H2,1-2H3. The molecule has 0 aliphatic heterocycles. The average molecular weight is 405 g/mol. The van der Waals surface area contributed by atoms with Gasteiger partial charge in [0.2, 0.25) is 10.0 Å². The Bertz CT molecular complexity index is 793. The molecule has 0 radical (unpaired) electrons. The van der Waals surface area contributed by atoms with Gasteiger partial charge in [-0.3, -0.25) is 0 Å². The summed E-state index contributed by atoms with van der Waals surface area (Å²) in [6.07, 6.45) is 0. The quantitative estimate of drug-likeness (QED) is 0.822. The first-order chi connectivity index (χ1) is 10.3. The first kappa shape index (κ1) is 17.3. The summed E-state index contributed by atoms with van der Waals surface area (Å²) in [5.41, 5.74) is 1.79. The molecule has 0 saturated carbocycles. The minimum Gasteiger partial charge on any atom is -0.495 e. The molecule has 0 heterocycles. The number of hydrogen-bond donors (Lipinski definition) is 1. The Balaban J connectivity index is 2.28. The van der Waals surface area contributed by atoms with Gasteiger partial charge in [0.1, 0.15) is 10.6 Å². The molecule has 0 spiro atoms. The van der Waals surface area contributed by atoms with E-state index in [0.29, 0.717) is 15.2 Å². The minimum absolute atomic E-state index is 0.0871. The van der Waals surface area contributed by atoms with Crippen molar-refractivity contribution in [3.8, 4) is 5.75 Å². The summed E-state index contributed by atoms with van der Waals surface area (Å²) in [5.74, 6) is 0.290. The molecule has 0 atom stereocenters. The maximum absolute atomic E-state index is 12.5. The molecule has 7 heteroatoms. The van der Waals surface area contributed by atoms with Crippen LogP contribution in [0.25, 0.3) is 0 Å². The zero-order chi connectivity index (χ0) is 16.3. The van der Waals surface area contributed by atoms with E-state index in [1.54, 1.807) is 24.3 Å². The lowest BCUT2D eigenvalue weighted by Gasteiger charge is -2.12.